The Morgan fingerprint density at radius 2 is 0.927 bits per heavy atom. The van der Waals surface area contributed by atoms with Crippen molar-refractivity contribution in [2.45, 2.75) is 47.8 Å². The third-order valence-electron chi connectivity index (χ3n) is 8.72. The Balaban J connectivity index is 0.909. The molecule has 0 N–H and O–H groups in total. The molecule has 4 aromatic rings. The van der Waals surface area contributed by atoms with E-state index in [0.29, 0.717) is 5.92 Å². The Hall–Kier alpha value is -3.05. The van der Waals surface area contributed by atoms with Crippen LogP contribution in [0.5, 0.6) is 0 Å². The van der Waals surface area contributed by atoms with Crippen LogP contribution in [0, 0.1) is 0 Å². The summed E-state index contributed by atoms with van der Waals surface area (Å²) in [5.41, 5.74) is 5.62. The molecule has 0 aliphatic carbocycles. The summed E-state index contributed by atoms with van der Waals surface area (Å²) in [7, 11) is 0. The molecule has 0 bridgehead atoms. The fourth-order valence-corrected chi connectivity index (χ4v) is 7.54. The van der Waals surface area contributed by atoms with Crippen LogP contribution in [-0.2, 0) is 0 Å². The minimum absolute atomic E-state index is 0.500. The topological polar surface area (TPSA) is 9.72 Å². The van der Waals surface area contributed by atoms with Gasteiger partial charge in [0.15, 0.2) is 0 Å². The first-order valence-electron chi connectivity index (χ1n) is 15.5. The van der Waals surface area contributed by atoms with Crippen molar-refractivity contribution in [2.75, 3.05) is 50.7 Å². The van der Waals surface area contributed by atoms with Gasteiger partial charge in [0.2, 0.25) is 0 Å². The summed E-state index contributed by atoms with van der Waals surface area (Å²) in [5.74, 6) is 0.500. The molecule has 6 rings (SSSR count). The lowest BCUT2D eigenvalue weighted by molar-refractivity contribution is 0.129. The van der Waals surface area contributed by atoms with Gasteiger partial charge in [-0.15, -0.1) is 0 Å². The summed E-state index contributed by atoms with van der Waals surface area (Å²) < 4.78 is 0. The van der Waals surface area contributed by atoms with Gasteiger partial charge >= 0.3 is 0 Å². The molecule has 0 amide bonds. The number of piperazine rings is 1. The molecule has 212 valence electrons. The molecule has 2 aliphatic rings. The lowest BCUT2D eigenvalue weighted by Crippen LogP contribution is -2.46. The van der Waals surface area contributed by atoms with E-state index in [1.54, 1.807) is 0 Å². The van der Waals surface area contributed by atoms with Gasteiger partial charge in [-0.25, -0.2) is 0 Å². The van der Waals surface area contributed by atoms with E-state index >= 15 is 0 Å². The number of hydrogen-bond donors (Lipinski definition) is 0. The summed E-state index contributed by atoms with van der Waals surface area (Å²) in [4.78, 5) is 10.7. The minimum atomic E-state index is 0.500. The van der Waals surface area contributed by atoms with Crippen molar-refractivity contribution < 1.29 is 0 Å². The summed E-state index contributed by atoms with van der Waals surface area (Å²) in [6, 6.07) is 39.8. The number of hydrogen-bond acceptors (Lipinski definition) is 4. The molecule has 4 aromatic carbocycles. The quantitative estimate of drug-likeness (QED) is 0.160. The van der Waals surface area contributed by atoms with Crippen molar-refractivity contribution >= 4 is 23.1 Å². The predicted octanol–water partition coefficient (Wildman–Crippen LogP) is 8.69. The maximum atomic E-state index is 2.69. The molecule has 0 saturated carbocycles. The Bertz CT molecular complexity index is 1270. The lowest BCUT2D eigenvalue weighted by atomic mass is 9.87. The first-order valence-corrected chi connectivity index (χ1v) is 16.3. The van der Waals surface area contributed by atoms with Gasteiger partial charge in [0, 0.05) is 48.4 Å². The minimum Gasteiger partial charge on any atom is -0.340 e. The molecule has 1 fully saturated rings. The standard InChI is InChI=1S/C37H43N3S/c1-3-15-31(16-4-1)33(32-17-5-2-6-18-32)19-11-12-24-38-27-29-39(30-28-38)25-13-14-26-40-34-20-7-9-22-36(34)41-37-23-10-8-21-35(37)40/h1-10,15-18,20-23,33H,11-14,19,24-30H2. The Labute approximate surface area is 251 Å². The van der Waals surface area contributed by atoms with Crippen LogP contribution in [0.4, 0.5) is 11.4 Å². The second-order valence-corrected chi connectivity index (χ2v) is 12.5. The number of benzene rings is 4. The normalized spacial score (nSPS) is 15.6. The lowest BCUT2D eigenvalue weighted by Gasteiger charge is -2.35. The monoisotopic (exact) mass is 561 g/mol. The Kier molecular flexibility index (Phi) is 9.74. The Morgan fingerprint density at radius 3 is 1.46 bits per heavy atom. The largest absolute Gasteiger partial charge is 0.340 e. The van der Waals surface area contributed by atoms with Gasteiger partial charge in [-0.1, -0.05) is 103 Å². The van der Waals surface area contributed by atoms with Crippen LogP contribution < -0.4 is 4.90 Å². The SMILES string of the molecule is c1ccc(C(CCCCN2CCN(CCCCN3c4ccccc4Sc4ccccc43)CC2)c2ccccc2)cc1. The third-order valence-corrected chi connectivity index (χ3v) is 9.85. The molecule has 4 heteroatoms. The van der Waals surface area contributed by atoms with Crippen LogP contribution in [0.2, 0.25) is 0 Å². The van der Waals surface area contributed by atoms with E-state index in [0.717, 1.165) is 6.54 Å². The summed E-state index contributed by atoms with van der Waals surface area (Å²) in [6.45, 7) is 8.38. The molecule has 0 atom stereocenters. The number of rotatable bonds is 12. The van der Waals surface area contributed by atoms with Crippen LogP contribution in [0.15, 0.2) is 119 Å². The summed E-state index contributed by atoms with van der Waals surface area (Å²) >= 11 is 1.90. The highest BCUT2D eigenvalue weighted by Gasteiger charge is 2.23. The van der Waals surface area contributed by atoms with Crippen molar-refractivity contribution in [3.05, 3.63) is 120 Å². The van der Waals surface area contributed by atoms with E-state index in [2.05, 4.69) is 124 Å². The van der Waals surface area contributed by atoms with Gasteiger partial charge in [-0.2, -0.15) is 0 Å². The molecule has 0 spiro atoms. The van der Waals surface area contributed by atoms with Gasteiger partial charge in [0.05, 0.1) is 11.4 Å². The van der Waals surface area contributed by atoms with Crippen molar-refractivity contribution in [3.8, 4) is 0 Å². The van der Waals surface area contributed by atoms with Crippen LogP contribution in [-0.4, -0.2) is 55.6 Å². The second kappa shape index (κ2) is 14.2. The molecule has 0 unspecified atom stereocenters. The highest BCUT2D eigenvalue weighted by Crippen LogP contribution is 2.47. The second-order valence-electron chi connectivity index (χ2n) is 11.4. The van der Waals surface area contributed by atoms with Crippen LogP contribution >= 0.6 is 11.8 Å². The third kappa shape index (κ3) is 7.24. The summed E-state index contributed by atoms with van der Waals surface area (Å²) in [6.07, 6.45) is 6.26. The number of para-hydroxylation sites is 2. The zero-order chi connectivity index (χ0) is 27.7. The fourth-order valence-electron chi connectivity index (χ4n) is 6.44. The number of fused-ring (bicyclic) bond motifs is 2. The summed E-state index contributed by atoms with van der Waals surface area (Å²) in [5, 5.41) is 0. The van der Waals surface area contributed by atoms with Crippen molar-refractivity contribution in [1.29, 1.82) is 0 Å². The molecule has 3 nitrogen and oxygen atoms in total. The van der Waals surface area contributed by atoms with Gasteiger partial charge in [-0.3, -0.25) is 0 Å². The molecule has 41 heavy (non-hydrogen) atoms. The molecule has 0 aromatic heterocycles. The average Bonchev–Trinajstić information content (AvgIpc) is 3.04. The molecule has 0 radical (unpaired) electrons. The number of unbranched alkanes of at least 4 members (excludes halogenated alkanes) is 2. The fraction of sp³-hybridized carbons (Fsp3) is 0.351. The predicted molar refractivity (Wildman–Crippen MR) is 175 cm³/mol. The molecular formula is C37H43N3S. The highest BCUT2D eigenvalue weighted by atomic mass is 32.2. The van der Waals surface area contributed by atoms with E-state index in [9.17, 15) is 0 Å². The van der Waals surface area contributed by atoms with Crippen LogP contribution in [0.1, 0.15) is 49.1 Å². The maximum absolute atomic E-state index is 2.69. The van der Waals surface area contributed by atoms with Gasteiger partial charge < -0.3 is 14.7 Å². The number of anilines is 2. The molecule has 2 aliphatic heterocycles. The smallest absolute Gasteiger partial charge is 0.0552 e. The first kappa shape index (κ1) is 28.1. The van der Waals surface area contributed by atoms with Gasteiger partial charge in [0.25, 0.3) is 0 Å². The number of nitrogens with zero attached hydrogens (tertiary/aromatic N) is 3. The zero-order valence-electron chi connectivity index (χ0n) is 24.2. The van der Waals surface area contributed by atoms with E-state index in [4.69, 9.17) is 0 Å². The Morgan fingerprint density at radius 1 is 0.488 bits per heavy atom. The first-order chi connectivity index (χ1) is 20.3. The molecular weight excluding hydrogens is 518 g/mol. The van der Waals surface area contributed by atoms with E-state index in [1.807, 2.05) is 11.8 Å². The maximum Gasteiger partial charge on any atom is 0.0552 e. The van der Waals surface area contributed by atoms with E-state index in [-0.39, 0.29) is 0 Å². The van der Waals surface area contributed by atoms with E-state index < -0.39 is 0 Å². The highest BCUT2D eigenvalue weighted by molar-refractivity contribution is 7.99. The van der Waals surface area contributed by atoms with E-state index in [1.165, 1.54) is 104 Å². The molecule has 2 heterocycles. The van der Waals surface area contributed by atoms with Crippen LogP contribution in [0.25, 0.3) is 0 Å². The average molecular weight is 562 g/mol. The molecule has 1 saturated heterocycles. The van der Waals surface area contributed by atoms with Crippen LogP contribution in [0.3, 0.4) is 0 Å². The van der Waals surface area contributed by atoms with Crippen molar-refractivity contribution in [3.63, 3.8) is 0 Å². The van der Waals surface area contributed by atoms with Gasteiger partial charge in [-0.05, 0) is 74.2 Å². The zero-order valence-corrected chi connectivity index (χ0v) is 25.0. The van der Waals surface area contributed by atoms with Gasteiger partial charge in [0.1, 0.15) is 0 Å². The van der Waals surface area contributed by atoms with Crippen molar-refractivity contribution in [2.24, 2.45) is 0 Å². The van der Waals surface area contributed by atoms with Crippen molar-refractivity contribution in [1.82, 2.24) is 9.80 Å².